The number of amides is 3. The van der Waals surface area contributed by atoms with Gasteiger partial charge in [-0.2, -0.15) is 13.2 Å². The van der Waals surface area contributed by atoms with E-state index in [-0.39, 0.29) is 18.2 Å². The minimum Gasteiger partial charge on any atom is -0.475 e. The number of aromatic nitrogens is 3. The van der Waals surface area contributed by atoms with Gasteiger partial charge in [0, 0.05) is 25.1 Å². The molecule has 3 aliphatic heterocycles. The van der Waals surface area contributed by atoms with Crippen molar-refractivity contribution in [3.05, 3.63) is 41.2 Å². The maximum absolute atomic E-state index is 13.0. The number of carbonyl (C=O) groups is 4. The highest BCUT2D eigenvalue weighted by Crippen LogP contribution is 2.29. The fourth-order valence-electron chi connectivity index (χ4n) is 4.53. The second-order valence-electron chi connectivity index (χ2n) is 9.04. The van der Waals surface area contributed by atoms with Crippen molar-refractivity contribution < 1.29 is 37.5 Å². The molecule has 1 aromatic carbocycles. The quantitative estimate of drug-likeness (QED) is 0.579. The van der Waals surface area contributed by atoms with Crippen LogP contribution in [0.5, 0.6) is 0 Å². The molecule has 0 bridgehead atoms. The van der Waals surface area contributed by atoms with Gasteiger partial charge in [-0.25, -0.2) is 9.48 Å². The first-order valence-corrected chi connectivity index (χ1v) is 11.7. The molecule has 3 amide bonds. The first kappa shape index (κ1) is 26.3. The Morgan fingerprint density at radius 2 is 1.84 bits per heavy atom. The molecule has 1 unspecified atom stereocenters. The first-order valence-electron chi connectivity index (χ1n) is 11.7. The Balaban J connectivity index is 0.000000405. The highest BCUT2D eigenvalue weighted by molar-refractivity contribution is 6.05. The zero-order chi connectivity index (χ0) is 26.7. The Labute approximate surface area is 209 Å². The van der Waals surface area contributed by atoms with Gasteiger partial charge >= 0.3 is 12.1 Å². The monoisotopic (exact) mass is 522 g/mol. The van der Waals surface area contributed by atoms with E-state index in [9.17, 15) is 27.6 Å². The van der Waals surface area contributed by atoms with Crippen LogP contribution in [0.1, 0.15) is 53.7 Å². The second-order valence-corrected chi connectivity index (χ2v) is 9.04. The van der Waals surface area contributed by atoms with E-state index < -0.39 is 24.1 Å². The number of carboxylic acid groups (broad SMARTS) is 1. The van der Waals surface area contributed by atoms with Crippen molar-refractivity contribution >= 4 is 23.7 Å². The molecule has 37 heavy (non-hydrogen) atoms. The summed E-state index contributed by atoms with van der Waals surface area (Å²) < 4.78 is 33.4. The molecule has 198 valence electrons. The third-order valence-corrected chi connectivity index (χ3v) is 6.39. The number of aliphatic carboxylic acids is 1. The molecule has 1 aromatic heterocycles. The topological polar surface area (TPSA) is 138 Å². The molecule has 2 N–H and O–H groups in total. The van der Waals surface area contributed by atoms with Gasteiger partial charge in [-0.1, -0.05) is 17.7 Å². The zero-order valence-electron chi connectivity index (χ0n) is 19.7. The van der Waals surface area contributed by atoms with Crippen LogP contribution in [-0.2, 0) is 27.5 Å². The average Bonchev–Trinajstić information content (AvgIpc) is 3.44. The van der Waals surface area contributed by atoms with Crippen LogP contribution in [0.25, 0.3) is 5.69 Å². The van der Waals surface area contributed by atoms with E-state index in [1.807, 2.05) is 24.4 Å². The van der Waals surface area contributed by atoms with E-state index >= 15 is 0 Å². The zero-order valence-corrected chi connectivity index (χ0v) is 19.7. The van der Waals surface area contributed by atoms with Crippen molar-refractivity contribution in [2.75, 3.05) is 13.1 Å². The number of hydrogen-bond donors (Lipinski definition) is 2. The van der Waals surface area contributed by atoms with Crippen LogP contribution in [0.15, 0.2) is 24.4 Å². The summed E-state index contributed by atoms with van der Waals surface area (Å²) in [6, 6.07) is 5.02. The number of alkyl halides is 3. The molecule has 0 saturated carbocycles. The number of likely N-dealkylation sites (tertiary alicyclic amines) is 1. The number of nitrogens with one attached hydrogen (secondary N) is 1. The number of carbonyl (C=O) groups excluding carboxylic acids is 3. The molecule has 1 atom stereocenters. The highest BCUT2D eigenvalue weighted by Gasteiger charge is 2.39. The Kier molecular flexibility index (Phi) is 7.57. The fourth-order valence-corrected chi connectivity index (χ4v) is 4.53. The van der Waals surface area contributed by atoms with Gasteiger partial charge in [-0.3, -0.25) is 24.6 Å². The highest BCUT2D eigenvalue weighted by atomic mass is 19.4. The molecule has 2 saturated heterocycles. The van der Waals surface area contributed by atoms with Crippen molar-refractivity contribution in [1.82, 2.24) is 30.1 Å². The summed E-state index contributed by atoms with van der Waals surface area (Å²) in [6.45, 7) is 3.35. The molecule has 14 heteroatoms. The molecule has 2 aromatic rings. The number of benzene rings is 1. The summed E-state index contributed by atoms with van der Waals surface area (Å²) in [5, 5.41) is 18.0. The summed E-state index contributed by atoms with van der Waals surface area (Å²) in [5.41, 5.74) is 3.13. The molecular formula is C23H25F3N6O5. The van der Waals surface area contributed by atoms with E-state index in [4.69, 9.17) is 9.90 Å². The Morgan fingerprint density at radius 1 is 1.14 bits per heavy atom. The number of piperidine rings is 2. The molecule has 0 radical (unpaired) electrons. The lowest BCUT2D eigenvalue weighted by Gasteiger charge is -2.29. The van der Waals surface area contributed by atoms with E-state index in [0.29, 0.717) is 18.5 Å². The average molecular weight is 522 g/mol. The van der Waals surface area contributed by atoms with Gasteiger partial charge < -0.3 is 10.0 Å². The van der Waals surface area contributed by atoms with Crippen LogP contribution in [0, 0.1) is 0 Å². The predicted molar refractivity (Wildman–Crippen MR) is 120 cm³/mol. The lowest BCUT2D eigenvalue weighted by atomic mass is 10.0. The minimum atomic E-state index is -5.08. The fraction of sp³-hybridized carbons (Fsp3) is 0.478. The van der Waals surface area contributed by atoms with Crippen molar-refractivity contribution in [3.8, 4) is 5.69 Å². The lowest BCUT2D eigenvalue weighted by Crippen LogP contribution is -2.52. The van der Waals surface area contributed by atoms with Gasteiger partial charge in [-0.05, 0) is 50.0 Å². The number of nitrogens with zero attached hydrogens (tertiary/aromatic N) is 5. The van der Waals surface area contributed by atoms with Crippen molar-refractivity contribution in [2.45, 2.75) is 57.4 Å². The van der Waals surface area contributed by atoms with Gasteiger partial charge in [0.2, 0.25) is 11.8 Å². The third kappa shape index (κ3) is 6.13. The molecule has 2 fully saturated rings. The number of hydrogen-bond acceptors (Lipinski definition) is 7. The van der Waals surface area contributed by atoms with Crippen LogP contribution in [0.3, 0.4) is 0 Å². The predicted octanol–water partition coefficient (Wildman–Crippen LogP) is 1.65. The van der Waals surface area contributed by atoms with Gasteiger partial charge in [0.05, 0.1) is 17.6 Å². The van der Waals surface area contributed by atoms with Gasteiger partial charge in [0.25, 0.3) is 5.91 Å². The first-order chi connectivity index (χ1) is 17.5. The van der Waals surface area contributed by atoms with Gasteiger partial charge in [0.15, 0.2) is 0 Å². The van der Waals surface area contributed by atoms with Crippen LogP contribution in [0.2, 0.25) is 0 Å². The molecule has 4 heterocycles. The maximum Gasteiger partial charge on any atom is 0.490 e. The summed E-state index contributed by atoms with van der Waals surface area (Å²) in [6.07, 6.45) is 1.19. The molecule has 11 nitrogen and oxygen atoms in total. The lowest BCUT2D eigenvalue weighted by molar-refractivity contribution is -0.192. The number of fused-ring (bicyclic) bond motifs is 1. The smallest absolute Gasteiger partial charge is 0.475 e. The molecule has 5 rings (SSSR count). The summed E-state index contributed by atoms with van der Waals surface area (Å²) in [5.74, 6) is -3.62. The molecule has 0 aliphatic carbocycles. The minimum absolute atomic E-state index is 0.185. The number of rotatable bonds is 4. The van der Waals surface area contributed by atoms with Crippen molar-refractivity contribution in [2.24, 2.45) is 0 Å². The molecule has 0 spiro atoms. The van der Waals surface area contributed by atoms with Crippen LogP contribution in [0.4, 0.5) is 13.2 Å². The van der Waals surface area contributed by atoms with Gasteiger partial charge in [-0.15, -0.1) is 5.10 Å². The van der Waals surface area contributed by atoms with Crippen LogP contribution >= 0.6 is 0 Å². The normalized spacial score (nSPS) is 20.2. The van der Waals surface area contributed by atoms with E-state index in [2.05, 4.69) is 20.5 Å². The largest absolute Gasteiger partial charge is 0.490 e. The summed E-state index contributed by atoms with van der Waals surface area (Å²) >= 11 is 0. The number of halogens is 3. The van der Waals surface area contributed by atoms with E-state index in [1.165, 1.54) is 19.3 Å². The maximum atomic E-state index is 13.0. The van der Waals surface area contributed by atoms with Crippen LogP contribution in [-0.4, -0.2) is 78.9 Å². The number of carboxylic acids is 1. The van der Waals surface area contributed by atoms with Gasteiger partial charge in [0.1, 0.15) is 6.04 Å². The van der Waals surface area contributed by atoms with E-state index in [0.717, 1.165) is 36.6 Å². The second kappa shape index (κ2) is 10.7. The third-order valence-electron chi connectivity index (χ3n) is 6.39. The Bertz CT molecular complexity index is 1210. The number of imide groups is 1. The summed E-state index contributed by atoms with van der Waals surface area (Å²) in [7, 11) is 0. The SMILES string of the molecule is O=C(O)C(F)(F)F.O=C1CCC(N2Cc3ccc(-n4cc(CN5CCCCC5)nn4)cc3C2=O)C(=O)N1. The Hall–Kier alpha value is -3.81. The Morgan fingerprint density at radius 3 is 2.49 bits per heavy atom. The van der Waals surface area contributed by atoms with Crippen molar-refractivity contribution in [1.29, 1.82) is 0 Å². The molecule has 3 aliphatic rings. The standard InChI is InChI=1S/C21H24N6O3.C2HF3O2/c28-19-7-6-18(20(29)22-19)26-11-14-4-5-16(10-17(14)21(26)30)27-13-15(23-24-27)12-25-8-2-1-3-9-25;3-2(4,5)1(6)7/h4-5,10,13,18H,1-3,6-9,11-12H2,(H,22,28,29);(H,6,7). The van der Waals surface area contributed by atoms with Crippen molar-refractivity contribution in [3.63, 3.8) is 0 Å². The van der Waals surface area contributed by atoms with E-state index in [1.54, 1.807) is 9.58 Å². The molecular weight excluding hydrogens is 497 g/mol. The van der Waals surface area contributed by atoms with Crippen LogP contribution < -0.4 is 5.32 Å². The summed E-state index contributed by atoms with van der Waals surface area (Å²) in [4.78, 5) is 49.4.